The molecule has 12 rings (SSSR count). The van der Waals surface area contributed by atoms with Crippen LogP contribution in [-0.4, -0.2) is 6.85 Å². The van der Waals surface area contributed by atoms with Crippen LogP contribution in [-0.2, 0) is 10.8 Å². The largest absolute Gasteiger partial charge is 0.454 e. The lowest BCUT2D eigenvalue weighted by Crippen LogP contribution is -2.61. The minimum Gasteiger partial charge on any atom is -0.454 e. The number of hydrogen-bond donors (Lipinski definition) is 0. The van der Waals surface area contributed by atoms with E-state index < -0.39 is 0 Å². The first-order valence-electron chi connectivity index (χ1n) is 22.1. The van der Waals surface area contributed by atoms with Crippen LogP contribution in [0, 0.1) is 0 Å². The van der Waals surface area contributed by atoms with Crippen LogP contribution >= 0.6 is 0 Å². The zero-order valence-corrected chi connectivity index (χ0v) is 36.5. The number of rotatable bonds is 4. The summed E-state index contributed by atoms with van der Waals surface area (Å²) in [5.41, 5.74) is 18.7. The molecule has 2 aliphatic heterocycles. The summed E-state index contributed by atoms with van der Waals surface area (Å²) in [5.74, 6) is 0.821. The Morgan fingerprint density at radius 2 is 1.05 bits per heavy atom. The van der Waals surface area contributed by atoms with Crippen molar-refractivity contribution in [1.82, 2.24) is 0 Å². The Balaban J connectivity index is 1.25. The third-order valence-electron chi connectivity index (χ3n) is 13.4. The lowest BCUT2D eigenvalue weighted by molar-refractivity contribution is 0.590. The van der Waals surface area contributed by atoms with Crippen molar-refractivity contribution in [2.24, 2.45) is 0 Å². The van der Waals surface area contributed by atoms with E-state index in [-0.39, 0.29) is 17.7 Å². The second-order valence-electron chi connectivity index (χ2n) is 19.3. The van der Waals surface area contributed by atoms with Gasteiger partial charge in [-0.3, -0.25) is 4.90 Å². The van der Waals surface area contributed by atoms with Gasteiger partial charge in [0.15, 0.2) is 5.58 Å². The van der Waals surface area contributed by atoms with Crippen molar-refractivity contribution >= 4 is 79.3 Å². The highest BCUT2D eigenvalue weighted by atomic mass is 16.4. The minimum absolute atomic E-state index is 0.00375. The molecule has 0 amide bonds. The maximum absolute atomic E-state index is 7.29. The number of para-hydroxylation sites is 2. The Morgan fingerprint density at radius 3 is 1.75 bits per heavy atom. The summed E-state index contributed by atoms with van der Waals surface area (Å²) in [6.45, 7) is 13.4. The fraction of sp³-hybridized carbons (Fsp3) is 0.138. The zero-order chi connectivity index (χ0) is 42.8. The van der Waals surface area contributed by atoms with Gasteiger partial charge < -0.3 is 13.6 Å². The first-order valence-corrected chi connectivity index (χ1v) is 22.1. The van der Waals surface area contributed by atoms with Gasteiger partial charge in [0, 0.05) is 44.1 Å². The average molecular weight is 815 g/mol. The highest BCUT2D eigenvalue weighted by molar-refractivity contribution is 6.95. The molecule has 0 radical (unpaired) electrons. The topological polar surface area (TPSA) is 32.8 Å². The highest BCUT2D eigenvalue weighted by Crippen LogP contribution is 2.53. The van der Waals surface area contributed by atoms with Gasteiger partial charge in [-0.05, 0) is 104 Å². The molecule has 0 unspecified atom stereocenters. The number of benzene rings is 8. The fourth-order valence-corrected chi connectivity index (χ4v) is 10.2. The summed E-state index contributed by atoms with van der Waals surface area (Å²) in [4.78, 5) is 4.98. The fourth-order valence-electron chi connectivity index (χ4n) is 10.2. The molecular weight excluding hydrogens is 767 g/mol. The van der Waals surface area contributed by atoms with Gasteiger partial charge in [0.2, 0.25) is 5.88 Å². The molecule has 2 aliphatic rings. The molecule has 5 heteroatoms. The van der Waals surface area contributed by atoms with Crippen LogP contribution in [0.5, 0.6) is 0 Å². The summed E-state index contributed by atoms with van der Waals surface area (Å²) in [6, 6.07) is 64.2. The molecule has 2 aromatic heterocycles. The second-order valence-corrected chi connectivity index (χ2v) is 19.3. The van der Waals surface area contributed by atoms with Gasteiger partial charge in [-0.2, -0.15) is 0 Å². The molecule has 0 spiro atoms. The normalized spacial score (nSPS) is 13.5. The summed E-state index contributed by atoms with van der Waals surface area (Å²) in [5, 5.41) is 3.30. The first kappa shape index (κ1) is 37.5. The lowest BCUT2D eigenvalue weighted by atomic mass is 9.43. The molecule has 8 aromatic carbocycles. The van der Waals surface area contributed by atoms with Crippen LogP contribution in [0.2, 0.25) is 0 Å². The Morgan fingerprint density at radius 1 is 0.429 bits per heavy atom. The van der Waals surface area contributed by atoms with Gasteiger partial charge in [0.05, 0.1) is 11.4 Å². The van der Waals surface area contributed by atoms with Crippen molar-refractivity contribution in [1.29, 1.82) is 0 Å². The van der Waals surface area contributed by atoms with E-state index in [9.17, 15) is 0 Å². The molecule has 0 bridgehead atoms. The Bertz CT molecular complexity index is 3420. The number of nitrogens with zero attached hydrogens (tertiary/aromatic N) is 2. The maximum Gasteiger partial charge on any atom is 0.337 e. The minimum atomic E-state index is -0.268. The highest BCUT2D eigenvalue weighted by Gasteiger charge is 2.49. The third kappa shape index (κ3) is 5.76. The van der Waals surface area contributed by atoms with Gasteiger partial charge in [-0.25, -0.2) is 0 Å². The molecule has 0 saturated heterocycles. The monoisotopic (exact) mass is 814 g/mol. The number of furan rings is 2. The molecule has 0 saturated carbocycles. The van der Waals surface area contributed by atoms with Crippen LogP contribution in [0.15, 0.2) is 185 Å². The molecular formula is C58H47BN2O2. The van der Waals surface area contributed by atoms with Crippen molar-refractivity contribution in [3.63, 3.8) is 0 Å². The second kappa shape index (κ2) is 13.6. The maximum atomic E-state index is 7.29. The predicted molar refractivity (Wildman–Crippen MR) is 265 cm³/mol. The number of anilines is 5. The number of fused-ring (bicyclic) bond motifs is 10. The van der Waals surface area contributed by atoms with Gasteiger partial charge in [-0.1, -0.05) is 163 Å². The molecule has 0 atom stereocenters. The first-order chi connectivity index (χ1) is 30.5. The third-order valence-corrected chi connectivity index (χ3v) is 13.4. The van der Waals surface area contributed by atoms with Crippen LogP contribution < -0.4 is 20.6 Å². The quantitative estimate of drug-likeness (QED) is 0.166. The van der Waals surface area contributed by atoms with E-state index in [1.165, 1.54) is 22.2 Å². The molecule has 4 nitrogen and oxygen atoms in total. The van der Waals surface area contributed by atoms with Gasteiger partial charge >= 0.3 is 6.85 Å². The van der Waals surface area contributed by atoms with Crippen molar-refractivity contribution in [3.05, 3.63) is 187 Å². The van der Waals surface area contributed by atoms with Gasteiger partial charge in [0.1, 0.15) is 11.2 Å². The van der Waals surface area contributed by atoms with Crippen LogP contribution in [0.3, 0.4) is 0 Å². The standard InChI is InChI=1S/C58H47BN2O2/c1-57(2,3)39-25-28-41(29-26-39)61-54-43(30-31-44-42-21-13-15-23-50(42)62-55(44)54)47-33-38(36-17-9-7-10-18-36)34-49-52(47)59(61)53-45-22-14-16-24-51(45)63-56(53)60(49)48-32-27-40(58(4,5)6)35-46(48)37-19-11-8-12-20-37/h7-35H,1-6H3. The van der Waals surface area contributed by atoms with Crippen LogP contribution in [0.1, 0.15) is 52.7 Å². The Labute approximate surface area is 369 Å². The molecule has 304 valence electrons. The average Bonchev–Trinajstić information content (AvgIpc) is 3.88. The molecule has 4 heterocycles. The molecule has 0 aliphatic carbocycles. The van der Waals surface area contributed by atoms with Crippen molar-refractivity contribution in [3.8, 4) is 33.4 Å². The predicted octanol–water partition coefficient (Wildman–Crippen LogP) is 15.0. The summed E-state index contributed by atoms with van der Waals surface area (Å²) >= 11 is 0. The van der Waals surface area contributed by atoms with Crippen molar-refractivity contribution < 1.29 is 8.83 Å². The molecule has 0 N–H and O–H groups in total. The van der Waals surface area contributed by atoms with Crippen LogP contribution in [0.25, 0.3) is 66.3 Å². The van der Waals surface area contributed by atoms with Gasteiger partial charge in [-0.15, -0.1) is 0 Å². The number of hydrogen-bond acceptors (Lipinski definition) is 4. The van der Waals surface area contributed by atoms with E-state index in [4.69, 9.17) is 8.83 Å². The Kier molecular flexibility index (Phi) is 8.12. The van der Waals surface area contributed by atoms with E-state index in [2.05, 4.69) is 227 Å². The van der Waals surface area contributed by atoms with Crippen molar-refractivity contribution in [2.75, 3.05) is 9.71 Å². The summed E-state index contributed by atoms with van der Waals surface area (Å²) in [6.07, 6.45) is 0. The van der Waals surface area contributed by atoms with Gasteiger partial charge in [0.25, 0.3) is 0 Å². The smallest absolute Gasteiger partial charge is 0.337 e. The van der Waals surface area contributed by atoms with E-state index in [0.29, 0.717) is 0 Å². The summed E-state index contributed by atoms with van der Waals surface area (Å²) < 4.78 is 14.3. The zero-order valence-electron chi connectivity index (χ0n) is 36.5. The molecule has 0 fully saturated rings. The molecule has 10 aromatic rings. The van der Waals surface area contributed by atoms with Crippen molar-refractivity contribution in [2.45, 2.75) is 52.4 Å². The summed E-state index contributed by atoms with van der Waals surface area (Å²) in [7, 11) is 0. The SMILES string of the molecule is CC(C)(C)c1ccc(N2B3c4c(cc(-c5ccccc5)cc4N(c4ccc(C(C)(C)C)cc4-c4ccccc4)c4oc5ccccc5c43)-c3ccc4c(oc5ccccc54)c32)cc1. The Hall–Kier alpha value is -7.24. The van der Waals surface area contributed by atoms with E-state index >= 15 is 0 Å². The van der Waals surface area contributed by atoms with E-state index in [0.717, 1.165) is 94.8 Å². The lowest BCUT2D eigenvalue weighted by Gasteiger charge is -2.44. The molecule has 63 heavy (non-hydrogen) atoms. The van der Waals surface area contributed by atoms with E-state index in [1.54, 1.807) is 0 Å². The van der Waals surface area contributed by atoms with E-state index in [1.807, 2.05) is 0 Å². The van der Waals surface area contributed by atoms with Crippen LogP contribution in [0.4, 0.5) is 28.6 Å².